The molecule has 0 aliphatic carbocycles. The third-order valence-electron chi connectivity index (χ3n) is 2.28. The van der Waals surface area contributed by atoms with Crippen LogP contribution in [0.2, 0.25) is 0 Å². The Morgan fingerprint density at radius 3 is 2.71 bits per heavy atom. The summed E-state index contributed by atoms with van der Waals surface area (Å²) >= 11 is 6.48. The van der Waals surface area contributed by atoms with Crippen LogP contribution in [0.15, 0.2) is 0 Å². The average molecular weight is 275 g/mol. The molecule has 0 atom stereocenters. The van der Waals surface area contributed by atoms with Crippen LogP contribution in [0, 0.1) is 10.9 Å². The molecule has 5 nitrogen and oxygen atoms in total. The van der Waals surface area contributed by atoms with E-state index in [0.717, 1.165) is 14.6 Å². The van der Waals surface area contributed by atoms with E-state index in [4.69, 9.17) is 17.0 Å². The second-order valence-corrected chi connectivity index (χ2v) is 5.55. The van der Waals surface area contributed by atoms with E-state index >= 15 is 0 Å². The largest absolute Gasteiger partial charge is 0.448 e. The van der Waals surface area contributed by atoms with E-state index in [1.807, 2.05) is 37.5 Å². The maximum atomic E-state index is 11.5. The molecule has 0 saturated heterocycles. The monoisotopic (exact) mass is 275 g/mol. The van der Waals surface area contributed by atoms with Crippen LogP contribution in [0.3, 0.4) is 0 Å². The lowest BCUT2D eigenvalue weighted by Gasteiger charge is -2.10. The van der Waals surface area contributed by atoms with Crippen LogP contribution in [0.4, 0.5) is 9.80 Å². The van der Waals surface area contributed by atoms with Crippen molar-refractivity contribution in [3.63, 3.8) is 0 Å². The molecule has 0 radical (unpaired) electrons. The Balaban J connectivity index is 2.51. The Morgan fingerprint density at radius 2 is 2.24 bits per heavy atom. The number of nitrogens with zero attached hydrogens (tertiary/aromatic N) is 2. The highest BCUT2D eigenvalue weighted by Crippen LogP contribution is 2.23. The minimum atomic E-state index is -0.438. The van der Waals surface area contributed by atoms with Crippen LogP contribution in [0.25, 0.3) is 0 Å². The molecular formula is C10H17N3O2S2. The summed E-state index contributed by atoms with van der Waals surface area (Å²) in [6.07, 6.45) is -0.438. The fourth-order valence-electron chi connectivity index (χ4n) is 1.08. The van der Waals surface area contributed by atoms with Crippen molar-refractivity contribution in [3.05, 3.63) is 9.65 Å². The van der Waals surface area contributed by atoms with Gasteiger partial charge < -0.3 is 14.2 Å². The van der Waals surface area contributed by atoms with Crippen LogP contribution in [-0.2, 0) is 11.8 Å². The number of ether oxygens (including phenoxy) is 1. The SMILES string of the molecule is Cc1c(NC(=O)OCCN(C)C)sc(=S)n1C. The standard InChI is InChI=1S/C10H17N3O2S2/c1-7-8(17-10(16)13(7)4)11-9(14)15-6-5-12(2)3/h5-6H2,1-4H3,(H,11,14). The fourth-order valence-corrected chi connectivity index (χ4v) is 2.34. The number of hydrogen-bond acceptors (Lipinski definition) is 5. The van der Waals surface area contributed by atoms with Crippen molar-refractivity contribution in [2.75, 3.05) is 32.6 Å². The van der Waals surface area contributed by atoms with Crippen molar-refractivity contribution >= 4 is 34.6 Å². The lowest BCUT2D eigenvalue weighted by molar-refractivity contribution is 0.151. The highest BCUT2D eigenvalue weighted by atomic mass is 32.1. The summed E-state index contributed by atoms with van der Waals surface area (Å²) in [7, 11) is 5.72. The normalized spacial score (nSPS) is 10.6. The second kappa shape index (κ2) is 6.13. The van der Waals surface area contributed by atoms with E-state index in [0.29, 0.717) is 13.2 Å². The summed E-state index contributed by atoms with van der Waals surface area (Å²) in [5.74, 6) is 0. The second-order valence-electron chi connectivity index (χ2n) is 3.91. The first-order chi connectivity index (χ1) is 7.91. The van der Waals surface area contributed by atoms with E-state index in [9.17, 15) is 4.79 Å². The van der Waals surface area contributed by atoms with Gasteiger partial charge in [-0.25, -0.2) is 4.79 Å². The molecule has 17 heavy (non-hydrogen) atoms. The van der Waals surface area contributed by atoms with Gasteiger partial charge in [0.05, 0.1) is 5.69 Å². The Labute approximate surface area is 110 Å². The molecule has 1 aromatic heterocycles. The molecule has 1 heterocycles. The summed E-state index contributed by atoms with van der Waals surface area (Å²) in [6, 6.07) is 0. The van der Waals surface area contributed by atoms with Gasteiger partial charge in [0.2, 0.25) is 0 Å². The molecule has 0 fully saturated rings. The number of rotatable bonds is 4. The molecule has 0 bridgehead atoms. The van der Waals surface area contributed by atoms with Gasteiger partial charge in [-0.2, -0.15) is 0 Å². The molecule has 7 heteroatoms. The van der Waals surface area contributed by atoms with Gasteiger partial charge in [-0.3, -0.25) is 5.32 Å². The first-order valence-electron chi connectivity index (χ1n) is 5.16. The average Bonchev–Trinajstić information content (AvgIpc) is 2.46. The molecule has 0 aliphatic rings. The highest BCUT2D eigenvalue weighted by Gasteiger charge is 2.10. The first-order valence-corrected chi connectivity index (χ1v) is 6.39. The minimum Gasteiger partial charge on any atom is -0.448 e. The van der Waals surface area contributed by atoms with Crippen molar-refractivity contribution in [1.82, 2.24) is 9.47 Å². The molecule has 0 spiro atoms. The predicted molar refractivity (Wildman–Crippen MR) is 72.4 cm³/mol. The number of amides is 1. The summed E-state index contributed by atoms with van der Waals surface area (Å²) in [5.41, 5.74) is 0.935. The van der Waals surface area contributed by atoms with E-state index in [-0.39, 0.29) is 0 Å². The lowest BCUT2D eigenvalue weighted by Crippen LogP contribution is -2.22. The number of aromatic nitrogens is 1. The van der Waals surface area contributed by atoms with Gasteiger partial charge >= 0.3 is 6.09 Å². The van der Waals surface area contributed by atoms with Crippen LogP contribution in [-0.4, -0.2) is 42.8 Å². The van der Waals surface area contributed by atoms with Crippen LogP contribution < -0.4 is 5.32 Å². The summed E-state index contributed by atoms with van der Waals surface area (Å²) in [6.45, 7) is 2.98. The quantitative estimate of drug-likeness (QED) is 0.856. The van der Waals surface area contributed by atoms with Gasteiger partial charge in [0, 0.05) is 13.6 Å². The number of carbonyl (C=O) groups is 1. The van der Waals surface area contributed by atoms with Gasteiger partial charge in [-0.05, 0) is 33.2 Å². The zero-order chi connectivity index (χ0) is 13.0. The van der Waals surface area contributed by atoms with Crippen molar-refractivity contribution < 1.29 is 9.53 Å². The van der Waals surface area contributed by atoms with Crippen molar-refractivity contribution in [1.29, 1.82) is 0 Å². The van der Waals surface area contributed by atoms with E-state index in [1.54, 1.807) is 0 Å². The van der Waals surface area contributed by atoms with Gasteiger partial charge in [-0.15, -0.1) is 0 Å². The molecule has 0 saturated carbocycles. The Hall–Kier alpha value is -0.920. The third kappa shape index (κ3) is 4.10. The van der Waals surface area contributed by atoms with Gasteiger partial charge in [0.1, 0.15) is 11.6 Å². The topological polar surface area (TPSA) is 46.5 Å². The zero-order valence-corrected chi connectivity index (χ0v) is 12.1. The van der Waals surface area contributed by atoms with Crippen LogP contribution in [0.1, 0.15) is 5.69 Å². The predicted octanol–water partition coefficient (Wildman–Crippen LogP) is 2.23. The number of likely N-dealkylation sites (N-methyl/N-ethyl adjacent to an activating group) is 1. The fraction of sp³-hybridized carbons (Fsp3) is 0.600. The molecule has 0 unspecified atom stereocenters. The van der Waals surface area contributed by atoms with E-state index < -0.39 is 6.09 Å². The summed E-state index contributed by atoms with van der Waals surface area (Å²) < 4.78 is 7.62. The third-order valence-corrected chi connectivity index (χ3v) is 3.86. The Bertz CT molecular complexity index is 451. The number of hydrogen-bond donors (Lipinski definition) is 1. The zero-order valence-electron chi connectivity index (χ0n) is 10.4. The molecular weight excluding hydrogens is 258 g/mol. The van der Waals surface area contributed by atoms with E-state index in [1.165, 1.54) is 11.3 Å². The number of carbonyl (C=O) groups excluding carboxylic acids is 1. The van der Waals surface area contributed by atoms with Gasteiger partial charge in [-0.1, -0.05) is 11.3 Å². The lowest BCUT2D eigenvalue weighted by atomic mass is 10.5. The van der Waals surface area contributed by atoms with Gasteiger partial charge in [0.25, 0.3) is 0 Å². The van der Waals surface area contributed by atoms with Crippen LogP contribution in [0.5, 0.6) is 0 Å². The molecule has 0 aromatic carbocycles. The molecule has 1 N–H and O–H groups in total. The number of thiazole rings is 1. The van der Waals surface area contributed by atoms with Crippen molar-refractivity contribution in [3.8, 4) is 0 Å². The Morgan fingerprint density at radius 1 is 1.59 bits per heavy atom. The molecule has 0 aliphatic heterocycles. The smallest absolute Gasteiger partial charge is 0.412 e. The minimum absolute atomic E-state index is 0.371. The summed E-state index contributed by atoms with van der Waals surface area (Å²) in [5, 5.41) is 3.44. The molecule has 1 amide bonds. The Kier molecular flexibility index (Phi) is 5.10. The number of anilines is 1. The molecule has 1 aromatic rings. The molecule has 96 valence electrons. The molecule has 1 rings (SSSR count). The summed E-state index contributed by atoms with van der Waals surface area (Å²) in [4.78, 5) is 13.4. The number of nitrogens with one attached hydrogen (secondary N) is 1. The van der Waals surface area contributed by atoms with Crippen molar-refractivity contribution in [2.24, 2.45) is 7.05 Å². The maximum Gasteiger partial charge on any atom is 0.412 e. The first kappa shape index (κ1) is 14.1. The van der Waals surface area contributed by atoms with Crippen LogP contribution >= 0.6 is 23.6 Å². The van der Waals surface area contributed by atoms with Crippen molar-refractivity contribution in [2.45, 2.75) is 6.92 Å². The van der Waals surface area contributed by atoms with E-state index in [2.05, 4.69) is 5.32 Å². The highest BCUT2D eigenvalue weighted by molar-refractivity contribution is 7.73. The maximum absolute atomic E-state index is 11.5. The van der Waals surface area contributed by atoms with Gasteiger partial charge in [0.15, 0.2) is 3.95 Å².